The summed E-state index contributed by atoms with van der Waals surface area (Å²) < 4.78 is 4.89. The molecule has 23 heavy (non-hydrogen) atoms. The van der Waals surface area contributed by atoms with Crippen LogP contribution in [-0.4, -0.2) is 36.3 Å². The first-order valence-corrected chi connectivity index (χ1v) is 8.34. The Labute approximate surface area is 144 Å². The maximum Gasteiger partial charge on any atom is 0.321 e. The van der Waals surface area contributed by atoms with Crippen LogP contribution in [0.15, 0.2) is 29.2 Å². The highest BCUT2D eigenvalue weighted by Gasteiger charge is 2.18. The molecule has 0 aliphatic carbocycles. The average molecular weight is 359 g/mol. The van der Waals surface area contributed by atoms with Gasteiger partial charge in [-0.15, -0.1) is 11.8 Å². The van der Waals surface area contributed by atoms with Gasteiger partial charge in [-0.05, 0) is 37.6 Å². The topological polar surface area (TPSA) is 84.5 Å². The summed E-state index contributed by atoms with van der Waals surface area (Å²) in [6.07, 6.45) is 0.760. The molecule has 0 aliphatic heterocycles. The molecule has 0 aliphatic rings. The molecule has 0 saturated heterocycles. The molecule has 8 heteroatoms. The van der Waals surface area contributed by atoms with Gasteiger partial charge in [0.2, 0.25) is 0 Å². The monoisotopic (exact) mass is 358 g/mol. The number of halogens is 1. The van der Waals surface area contributed by atoms with E-state index >= 15 is 0 Å². The van der Waals surface area contributed by atoms with Crippen molar-refractivity contribution in [1.82, 2.24) is 10.6 Å². The fraction of sp³-hybridized carbons (Fsp3) is 0.400. The second-order valence-electron chi connectivity index (χ2n) is 4.63. The van der Waals surface area contributed by atoms with Crippen molar-refractivity contribution >= 4 is 41.3 Å². The number of amides is 3. The molecule has 0 aromatic heterocycles. The summed E-state index contributed by atoms with van der Waals surface area (Å²) in [5.41, 5.74) is 0. The number of hydrogen-bond donors (Lipinski definition) is 2. The number of esters is 1. The molecule has 0 unspecified atom stereocenters. The van der Waals surface area contributed by atoms with Crippen molar-refractivity contribution in [3.05, 3.63) is 29.3 Å². The number of nitrogens with one attached hydrogen (secondary N) is 2. The zero-order valence-electron chi connectivity index (χ0n) is 12.9. The molecule has 0 radical (unpaired) electrons. The third-order valence-corrected chi connectivity index (χ3v) is 3.93. The molecule has 1 atom stereocenters. The fourth-order valence-corrected chi connectivity index (χ4v) is 2.46. The van der Waals surface area contributed by atoms with Crippen molar-refractivity contribution in [2.75, 3.05) is 13.2 Å². The van der Waals surface area contributed by atoms with E-state index < -0.39 is 29.8 Å². The zero-order chi connectivity index (χ0) is 17.2. The van der Waals surface area contributed by atoms with Gasteiger partial charge in [-0.25, -0.2) is 4.79 Å². The quantitative estimate of drug-likeness (QED) is 0.578. The van der Waals surface area contributed by atoms with Crippen molar-refractivity contribution in [2.24, 2.45) is 0 Å². The molecule has 0 bridgehead atoms. The number of benzene rings is 1. The van der Waals surface area contributed by atoms with Crippen LogP contribution < -0.4 is 10.6 Å². The zero-order valence-corrected chi connectivity index (χ0v) is 14.5. The molecule has 6 nitrogen and oxygen atoms in total. The molecule has 3 amide bonds. The van der Waals surface area contributed by atoms with Crippen LogP contribution in [0.5, 0.6) is 0 Å². The Bertz CT molecular complexity index is 551. The van der Waals surface area contributed by atoms with Gasteiger partial charge in [-0.1, -0.05) is 18.5 Å². The van der Waals surface area contributed by atoms with Crippen molar-refractivity contribution in [3.63, 3.8) is 0 Å². The highest BCUT2D eigenvalue weighted by molar-refractivity contribution is 8.00. The molecular formula is C15H19ClN2O4S. The minimum absolute atomic E-state index is 0.466. The first-order valence-electron chi connectivity index (χ1n) is 7.09. The van der Waals surface area contributed by atoms with Crippen molar-refractivity contribution in [1.29, 1.82) is 0 Å². The number of urea groups is 1. The average Bonchev–Trinajstić information content (AvgIpc) is 2.52. The van der Waals surface area contributed by atoms with Crippen molar-refractivity contribution < 1.29 is 19.1 Å². The number of rotatable bonds is 7. The van der Waals surface area contributed by atoms with E-state index in [0.717, 1.165) is 11.3 Å². The lowest BCUT2D eigenvalue weighted by Crippen LogP contribution is -2.41. The van der Waals surface area contributed by atoms with E-state index in [0.29, 0.717) is 11.6 Å². The molecule has 2 N–H and O–H groups in total. The molecule has 0 spiro atoms. The lowest BCUT2D eigenvalue weighted by atomic mass is 10.4. The van der Waals surface area contributed by atoms with Crippen molar-refractivity contribution in [3.8, 4) is 0 Å². The molecule has 0 heterocycles. The Balaban J connectivity index is 2.33. The standard InChI is InChI=1S/C15H19ClN2O4S/c1-3-8-17-15(21)18-13(19)9-22-14(20)10(2)23-12-6-4-11(16)5-7-12/h4-7,10H,3,8-9H2,1-2H3,(H2,17,18,19,21)/t10-/m0/s1. The summed E-state index contributed by atoms with van der Waals surface area (Å²) >= 11 is 7.08. The summed E-state index contributed by atoms with van der Waals surface area (Å²) in [5, 5.41) is 4.69. The molecule has 1 rings (SSSR count). The Hall–Kier alpha value is -1.73. The van der Waals surface area contributed by atoms with Crippen LogP contribution in [-0.2, 0) is 14.3 Å². The van der Waals surface area contributed by atoms with Gasteiger partial charge in [0.25, 0.3) is 5.91 Å². The minimum Gasteiger partial charge on any atom is -0.455 e. The SMILES string of the molecule is CCCNC(=O)NC(=O)COC(=O)[C@H](C)Sc1ccc(Cl)cc1. The number of hydrogen-bond acceptors (Lipinski definition) is 5. The molecule has 1 aromatic carbocycles. The number of ether oxygens (including phenoxy) is 1. The Morgan fingerprint density at radius 1 is 1.26 bits per heavy atom. The highest BCUT2D eigenvalue weighted by Crippen LogP contribution is 2.25. The summed E-state index contributed by atoms with van der Waals surface area (Å²) in [4.78, 5) is 35.4. The summed E-state index contributed by atoms with van der Waals surface area (Å²) in [5.74, 6) is -1.20. The number of thioether (sulfide) groups is 1. The van der Waals surface area contributed by atoms with Gasteiger partial charge >= 0.3 is 12.0 Å². The third kappa shape index (κ3) is 7.90. The van der Waals surface area contributed by atoms with E-state index in [1.807, 2.05) is 6.92 Å². The third-order valence-electron chi connectivity index (χ3n) is 2.59. The fourth-order valence-electron chi connectivity index (χ4n) is 1.46. The van der Waals surface area contributed by atoms with Gasteiger partial charge in [-0.3, -0.25) is 14.9 Å². The number of carbonyl (C=O) groups is 3. The first kappa shape index (κ1) is 19.3. The summed E-state index contributed by atoms with van der Waals surface area (Å²) in [6, 6.07) is 6.44. The van der Waals surface area contributed by atoms with Gasteiger partial charge in [0, 0.05) is 16.5 Å². The Morgan fingerprint density at radius 2 is 1.91 bits per heavy atom. The number of imide groups is 1. The van der Waals surface area contributed by atoms with Crippen LogP contribution in [0.1, 0.15) is 20.3 Å². The van der Waals surface area contributed by atoms with Crippen LogP contribution >= 0.6 is 23.4 Å². The molecular weight excluding hydrogens is 340 g/mol. The molecule has 1 aromatic rings. The number of carbonyl (C=O) groups excluding carboxylic acids is 3. The van der Waals surface area contributed by atoms with Gasteiger partial charge in [0.05, 0.1) is 0 Å². The van der Waals surface area contributed by atoms with Crippen LogP contribution in [0.2, 0.25) is 5.02 Å². The largest absolute Gasteiger partial charge is 0.455 e. The predicted molar refractivity (Wildman–Crippen MR) is 89.6 cm³/mol. The summed E-state index contributed by atoms with van der Waals surface area (Å²) in [7, 11) is 0. The first-order chi connectivity index (χ1) is 10.9. The maximum atomic E-state index is 11.8. The van der Waals surface area contributed by atoms with Crippen LogP contribution in [0.4, 0.5) is 4.79 Å². The second-order valence-corrected chi connectivity index (χ2v) is 6.48. The van der Waals surface area contributed by atoms with E-state index in [1.165, 1.54) is 11.8 Å². The van der Waals surface area contributed by atoms with E-state index in [4.69, 9.17) is 16.3 Å². The van der Waals surface area contributed by atoms with E-state index in [-0.39, 0.29) is 0 Å². The lowest BCUT2D eigenvalue weighted by Gasteiger charge is -2.11. The van der Waals surface area contributed by atoms with E-state index in [2.05, 4.69) is 10.6 Å². The predicted octanol–water partition coefficient (Wildman–Crippen LogP) is 2.60. The molecule has 126 valence electrons. The van der Waals surface area contributed by atoms with Crippen molar-refractivity contribution in [2.45, 2.75) is 30.4 Å². The summed E-state index contributed by atoms with van der Waals surface area (Å²) in [6.45, 7) is 3.54. The molecule has 0 saturated carbocycles. The lowest BCUT2D eigenvalue weighted by molar-refractivity contribution is -0.147. The van der Waals surface area contributed by atoms with E-state index in [9.17, 15) is 14.4 Å². The highest BCUT2D eigenvalue weighted by atomic mass is 35.5. The minimum atomic E-state index is -0.671. The van der Waals surface area contributed by atoms with Gasteiger partial charge in [-0.2, -0.15) is 0 Å². The Kier molecular flexibility index (Phi) is 8.50. The molecule has 0 fully saturated rings. The second kappa shape index (κ2) is 10.1. The van der Waals surface area contributed by atoms with Gasteiger partial charge in [0.1, 0.15) is 5.25 Å². The smallest absolute Gasteiger partial charge is 0.321 e. The van der Waals surface area contributed by atoms with Crippen LogP contribution in [0.3, 0.4) is 0 Å². The van der Waals surface area contributed by atoms with E-state index in [1.54, 1.807) is 31.2 Å². The maximum absolute atomic E-state index is 11.8. The normalized spacial score (nSPS) is 11.4. The van der Waals surface area contributed by atoms with Crippen LogP contribution in [0, 0.1) is 0 Å². The van der Waals surface area contributed by atoms with Gasteiger partial charge in [0.15, 0.2) is 6.61 Å². The van der Waals surface area contributed by atoms with Gasteiger partial charge < -0.3 is 10.1 Å². The Morgan fingerprint density at radius 3 is 2.52 bits per heavy atom. The van der Waals surface area contributed by atoms with Crippen LogP contribution in [0.25, 0.3) is 0 Å².